The van der Waals surface area contributed by atoms with Gasteiger partial charge >= 0.3 is 0 Å². The normalized spacial score (nSPS) is 12.1. The van der Waals surface area contributed by atoms with E-state index in [2.05, 4.69) is 5.32 Å². The first-order chi connectivity index (χ1) is 11.8. The number of nitrogens with one attached hydrogen (secondary N) is 1. The molecular weight excluding hydrogens is 350 g/mol. The Morgan fingerprint density at radius 3 is 2.60 bits per heavy atom. The van der Waals surface area contributed by atoms with E-state index in [0.717, 1.165) is 6.07 Å². The maximum absolute atomic E-state index is 13.8. The van der Waals surface area contributed by atoms with Crippen molar-refractivity contribution >= 4 is 23.2 Å². The van der Waals surface area contributed by atoms with Gasteiger partial charge in [-0.2, -0.15) is 0 Å². The van der Waals surface area contributed by atoms with Gasteiger partial charge in [-0.1, -0.05) is 17.7 Å². The molecule has 134 valence electrons. The summed E-state index contributed by atoms with van der Waals surface area (Å²) < 4.78 is 31.7. The van der Waals surface area contributed by atoms with Crippen LogP contribution in [0.3, 0.4) is 0 Å². The summed E-state index contributed by atoms with van der Waals surface area (Å²) in [5.41, 5.74) is 1.05. The second-order valence-electron chi connectivity index (χ2n) is 5.67. The average Bonchev–Trinajstić information content (AvgIpc) is 2.56. The molecule has 0 radical (unpaired) electrons. The van der Waals surface area contributed by atoms with Crippen molar-refractivity contribution in [3.63, 3.8) is 0 Å². The van der Waals surface area contributed by atoms with Crippen molar-refractivity contribution in [2.24, 2.45) is 0 Å². The van der Waals surface area contributed by atoms with Crippen molar-refractivity contribution in [2.75, 3.05) is 19.5 Å². The van der Waals surface area contributed by atoms with Crippen molar-refractivity contribution in [3.05, 3.63) is 58.6 Å². The summed E-state index contributed by atoms with van der Waals surface area (Å²) in [5.74, 6) is -1.06. The van der Waals surface area contributed by atoms with Crippen LogP contribution in [0.5, 0.6) is 5.75 Å². The highest BCUT2D eigenvalue weighted by atomic mass is 35.5. The first-order valence-corrected chi connectivity index (χ1v) is 7.98. The molecule has 4 nitrogen and oxygen atoms in total. The van der Waals surface area contributed by atoms with Crippen LogP contribution in [-0.2, 0) is 11.3 Å². The number of carbonyl (C=O) groups is 1. The summed E-state index contributed by atoms with van der Waals surface area (Å²) in [6, 6.07) is 7.90. The molecule has 1 amide bonds. The summed E-state index contributed by atoms with van der Waals surface area (Å²) >= 11 is 5.91. The molecule has 2 aromatic carbocycles. The van der Waals surface area contributed by atoms with Crippen LogP contribution < -0.4 is 10.1 Å². The van der Waals surface area contributed by atoms with Gasteiger partial charge in [0.1, 0.15) is 5.82 Å². The number of hydrogen-bond acceptors (Lipinski definition) is 3. The Kier molecular flexibility index (Phi) is 6.33. The van der Waals surface area contributed by atoms with Crippen LogP contribution in [0.1, 0.15) is 12.5 Å². The molecule has 0 saturated heterocycles. The maximum atomic E-state index is 13.8. The third kappa shape index (κ3) is 4.90. The molecule has 0 bridgehead atoms. The lowest BCUT2D eigenvalue weighted by molar-refractivity contribution is -0.120. The molecule has 0 aliphatic heterocycles. The highest BCUT2D eigenvalue weighted by Gasteiger charge is 2.19. The fourth-order valence-corrected chi connectivity index (χ4v) is 2.48. The molecule has 0 saturated carbocycles. The van der Waals surface area contributed by atoms with Crippen LogP contribution in [-0.4, -0.2) is 31.0 Å². The number of amides is 1. The summed E-state index contributed by atoms with van der Waals surface area (Å²) in [4.78, 5) is 14.1. The molecule has 1 N–H and O–H groups in total. The van der Waals surface area contributed by atoms with Gasteiger partial charge in [0.05, 0.1) is 23.9 Å². The quantitative estimate of drug-likeness (QED) is 0.835. The van der Waals surface area contributed by atoms with E-state index in [-0.39, 0.29) is 16.7 Å². The molecule has 0 fully saturated rings. The molecule has 0 spiro atoms. The minimum Gasteiger partial charge on any atom is -0.494 e. The third-order valence-corrected chi connectivity index (χ3v) is 4.19. The molecule has 2 rings (SSSR count). The van der Waals surface area contributed by atoms with Crippen LogP contribution in [0, 0.1) is 11.6 Å². The van der Waals surface area contributed by atoms with Gasteiger partial charge in [0.25, 0.3) is 0 Å². The van der Waals surface area contributed by atoms with E-state index in [0.29, 0.717) is 17.8 Å². The number of hydrogen-bond donors (Lipinski definition) is 1. The number of halogens is 3. The van der Waals surface area contributed by atoms with Crippen molar-refractivity contribution < 1.29 is 18.3 Å². The molecule has 0 unspecified atom stereocenters. The molecule has 2 aromatic rings. The second-order valence-corrected chi connectivity index (χ2v) is 6.08. The lowest BCUT2D eigenvalue weighted by Gasteiger charge is -2.24. The van der Waals surface area contributed by atoms with Crippen LogP contribution in [0.25, 0.3) is 0 Å². The Balaban J connectivity index is 2.02. The zero-order chi connectivity index (χ0) is 18.6. The van der Waals surface area contributed by atoms with Gasteiger partial charge in [-0.3, -0.25) is 9.69 Å². The number of nitrogens with zero attached hydrogens (tertiary/aromatic N) is 1. The molecule has 0 aromatic heterocycles. The Morgan fingerprint density at radius 1 is 1.28 bits per heavy atom. The van der Waals surface area contributed by atoms with Crippen molar-refractivity contribution in [1.82, 2.24) is 4.90 Å². The zero-order valence-corrected chi connectivity index (χ0v) is 14.9. The monoisotopic (exact) mass is 368 g/mol. The molecule has 0 aliphatic carbocycles. The fourth-order valence-electron chi connectivity index (χ4n) is 2.26. The van der Waals surface area contributed by atoms with Gasteiger partial charge in [0.2, 0.25) is 5.91 Å². The largest absolute Gasteiger partial charge is 0.494 e. The average molecular weight is 369 g/mol. The minimum absolute atomic E-state index is 0.125. The van der Waals surface area contributed by atoms with Crippen LogP contribution in [0.2, 0.25) is 5.02 Å². The van der Waals surface area contributed by atoms with Crippen molar-refractivity contribution in [1.29, 1.82) is 0 Å². The van der Waals surface area contributed by atoms with E-state index < -0.39 is 17.7 Å². The standard InChI is InChI=1S/C18H19ClF2N2O2/c1-11(18(24)22-16-6-5-13(20)9-14(16)19)23(2)10-12-4-7-17(25-3)15(21)8-12/h4-9,11H,10H2,1-3H3,(H,22,24)/t11-/m1/s1. The predicted molar refractivity (Wildman–Crippen MR) is 93.9 cm³/mol. The van der Waals surface area contributed by atoms with E-state index in [4.69, 9.17) is 16.3 Å². The Labute approximate surface area is 150 Å². The smallest absolute Gasteiger partial charge is 0.241 e. The first-order valence-electron chi connectivity index (χ1n) is 7.60. The first kappa shape index (κ1) is 19.1. The molecule has 7 heteroatoms. The summed E-state index contributed by atoms with van der Waals surface area (Å²) in [6.07, 6.45) is 0. The Bertz CT molecular complexity index is 771. The number of carbonyl (C=O) groups excluding carboxylic acids is 1. The van der Waals surface area contributed by atoms with E-state index in [1.807, 2.05) is 0 Å². The number of likely N-dealkylation sites (N-methyl/N-ethyl adjacent to an activating group) is 1. The maximum Gasteiger partial charge on any atom is 0.241 e. The second kappa shape index (κ2) is 8.27. The van der Waals surface area contributed by atoms with E-state index in [1.165, 1.54) is 25.3 Å². The van der Waals surface area contributed by atoms with E-state index in [9.17, 15) is 13.6 Å². The molecule has 1 atom stereocenters. The number of rotatable bonds is 6. The summed E-state index contributed by atoms with van der Waals surface area (Å²) in [5, 5.41) is 2.79. The Hall–Kier alpha value is -2.18. The van der Waals surface area contributed by atoms with E-state index >= 15 is 0 Å². The van der Waals surface area contributed by atoms with Gasteiger partial charge in [-0.15, -0.1) is 0 Å². The van der Waals surface area contributed by atoms with Gasteiger partial charge < -0.3 is 10.1 Å². The molecule has 25 heavy (non-hydrogen) atoms. The summed E-state index contributed by atoms with van der Waals surface area (Å²) in [7, 11) is 3.15. The Morgan fingerprint density at radius 2 is 2.00 bits per heavy atom. The number of ether oxygens (including phenoxy) is 1. The van der Waals surface area contributed by atoms with Gasteiger partial charge in [-0.05, 0) is 49.9 Å². The topological polar surface area (TPSA) is 41.6 Å². The van der Waals surface area contributed by atoms with Crippen molar-refractivity contribution in [2.45, 2.75) is 19.5 Å². The highest BCUT2D eigenvalue weighted by molar-refractivity contribution is 6.33. The number of anilines is 1. The lowest BCUT2D eigenvalue weighted by Crippen LogP contribution is -2.39. The predicted octanol–water partition coefficient (Wildman–Crippen LogP) is 4.09. The van der Waals surface area contributed by atoms with Crippen LogP contribution in [0.4, 0.5) is 14.5 Å². The van der Waals surface area contributed by atoms with Gasteiger partial charge in [-0.25, -0.2) is 8.78 Å². The lowest BCUT2D eigenvalue weighted by atomic mass is 10.1. The van der Waals surface area contributed by atoms with E-state index in [1.54, 1.807) is 31.0 Å². The molecule has 0 heterocycles. The van der Waals surface area contributed by atoms with Gasteiger partial charge in [0, 0.05) is 6.54 Å². The highest BCUT2D eigenvalue weighted by Crippen LogP contribution is 2.23. The molecular formula is C18H19ClF2N2O2. The van der Waals surface area contributed by atoms with Crippen LogP contribution >= 0.6 is 11.6 Å². The number of methoxy groups -OCH3 is 1. The SMILES string of the molecule is COc1ccc(CN(C)[C@H](C)C(=O)Nc2ccc(F)cc2Cl)cc1F. The molecule has 0 aliphatic rings. The third-order valence-electron chi connectivity index (χ3n) is 3.88. The van der Waals surface area contributed by atoms with Crippen molar-refractivity contribution in [3.8, 4) is 5.75 Å². The fraction of sp³-hybridized carbons (Fsp3) is 0.278. The van der Waals surface area contributed by atoms with Crippen LogP contribution in [0.15, 0.2) is 36.4 Å². The zero-order valence-electron chi connectivity index (χ0n) is 14.1. The summed E-state index contributed by atoms with van der Waals surface area (Å²) in [6.45, 7) is 2.08. The van der Waals surface area contributed by atoms with Gasteiger partial charge in [0.15, 0.2) is 11.6 Å². The number of benzene rings is 2. The minimum atomic E-state index is -0.508.